The molecule has 0 spiro atoms. The van der Waals surface area contributed by atoms with Crippen molar-refractivity contribution in [3.8, 4) is 0 Å². The van der Waals surface area contributed by atoms with Crippen molar-refractivity contribution in [1.29, 1.82) is 0 Å². The molecule has 1 aromatic heterocycles. The largest absolute Gasteiger partial charge is 0.463 e. The van der Waals surface area contributed by atoms with Crippen LogP contribution >= 0.6 is 0 Å². The number of hydrogen-bond acceptors (Lipinski definition) is 11. The Bertz CT molecular complexity index is 1710. The minimum Gasteiger partial charge on any atom is -0.463 e. The molecular formula is C41H57F2N3O9. The first-order valence-electron chi connectivity index (χ1n) is 19.9. The monoisotopic (exact) mass is 773 g/mol. The molecule has 7 unspecified atom stereocenters. The minimum atomic E-state index is -3.88. The zero-order valence-electron chi connectivity index (χ0n) is 32.0. The molecule has 12 nitrogen and oxygen atoms in total. The normalized spacial score (nSPS) is 35.9. The maximum absolute atomic E-state index is 14.8. The predicted octanol–water partition coefficient (Wildman–Crippen LogP) is 5.17. The third-order valence-corrected chi connectivity index (χ3v) is 13.0. The van der Waals surface area contributed by atoms with Crippen LogP contribution in [-0.2, 0) is 23.8 Å². The second-order valence-electron chi connectivity index (χ2n) is 16.8. The van der Waals surface area contributed by atoms with Crippen LogP contribution in [-0.4, -0.2) is 79.9 Å². The molecule has 4 saturated carbocycles. The molecule has 0 aromatic carbocycles. The fourth-order valence-corrected chi connectivity index (χ4v) is 9.52. The molecule has 4 aliphatic carbocycles. The van der Waals surface area contributed by atoms with Crippen molar-refractivity contribution in [2.45, 2.75) is 140 Å². The zero-order chi connectivity index (χ0) is 39.7. The quantitative estimate of drug-likeness (QED) is 0.153. The van der Waals surface area contributed by atoms with E-state index >= 15 is 0 Å². The lowest BCUT2D eigenvalue weighted by Gasteiger charge is -2.44. The second-order valence-corrected chi connectivity index (χ2v) is 16.8. The molecule has 5 aliphatic rings. The number of nitrogens with two attached hydrogens (primary N) is 1. The van der Waals surface area contributed by atoms with Crippen LogP contribution in [0.1, 0.15) is 104 Å². The highest BCUT2D eigenvalue weighted by atomic mass is 19.3. The van der Waals surface area contributed by atoms with E-state index in [1.54, 1.807) is 0 Å². The zero-order valence-corrected chi connectivity index (χ0v) is 32.0. The van der Waals surface area contributed by atoms with E-state index in [-0.39, 0.29) is 42.5 Å². The Hall–Kier alpha value is -3.46. The van der Waals surface area contributed by atoms with Crippen LogP contribution in [0.3, 0.4) is 0 Å². The summed E-state index contributed by atoms with van der Waals surface area (Å²) in [6, 6.07) is 1.14. The summed E-state index contributed by atoms with van der Waals surface area (Å²) in [6.07, 6.45) is 10.4. The van der Waals surface area contributed by atoms with Crippen molar-refractivity contribution in [2.75, 3.05) is 12.3 Å². The molecule has 1 aliphatic heterocycles. The van der Waals surface area contributed by atoms with Crippen molar-refractivity contribution < 1.29 is 47.9 Å². The number of nitrogen functional groups attached to an aromatic ring is 1. The first-order valence-corrected chi connectivity index (χ1v) is 19.9. The summed E-state index contributed by atoms with van der Waals surface area (Å²) in [7, 11) is 0. The number of carbonyl (C=O) groups excluding carboxylic acids is 2. The number of nitrogens with zero attached hydrogens (tertiary/aromatic N) is 2. The summed E-state index contributed by atoms with van der Waals surface area (Å²) in [6.45, 7) is 6.03. The van der Waals surface area contributed by atoms with Crippen molar-refractivity contribution >= 4 is 17.8 Å². The number of carbonyl (C=O) groups is 2. The van der Waals surface area contributed by atoms with Crippen molar-refractivity contribution in [3.63, 3.8) is 0 Å². The van der Waals surface area contributed by atoms with Crippen LogP contribution < -0.4 is 11.4 Å². The van der Waals surface area contributed by atoms with Crippen LogP contribution in [0.2, 0.25) is 0 Å². The van der Waals surface area contributed by atoms with Crippen LogP contribution in [0.4, 0.5) is 14.6 Å². The van der Waals surface area contributed by atoms with Crippen LogP contribution in [0, 0.1) is 35.0 Å². The van der Waals surface area contributed by atoms with Gasteiger partial charge in [-0.25, -0.2) is 4.79 Å². The molecule has 5 fully saturated rings. The number of aromatic nitrogens is 2. The lowest BCUT2D eigenvalue weighted by Crippen LogP contribution is -2.42. The van der Waals surface area contributed by atoms with E-state index in [0.29, 0.717) is 41.1 Å². The average Bonchev–Trinajstić information content (AvgIpc) is 3.88. The molecule has 55 heavy (non-hydrogen) atoms. The number of rotatable bonds is 13. The van der Waals surface area contributed by atoms with Gasteiger partial charge >= 0.3 is 23.6 Å². The summed E-state index contributed by atoms with van der Waals surface area (Å²) < 4.78 is 46.0. The summed E-state index contributed by atoms with van der Waals surface area (Å²) >= 11 is 0. The van der Waals surface area contributed by atoms with E-state index in [1.165, 1.54) is 12.0 Å². The van der Waals surface area contributed by atoms with Gasteiger partial charge in [-0.1, -0.05) is 56.2 Å². The minimum absolute atomic E-state index is 0.0775. The van der Waals surface area contributed by atoms with Crippen LogP contribution in [0.5, 0.6) is 0 Å². The molecule has 0 amide bonds. The van der Waals surface area contributed by atoms with Gasteiger partial charge in [-0.05, 0) is 86.5 Å². The smallest absolute Gasteiger partial charge is 0.351 e. The van der Waals surface area contributed by atoms with E-state index in [1.807, 2.05) is 13.0 Å². The Morgan fingerprint density at radius 1 is 1.13 bits per heavy atom. The third-order valence-electron chi connectivity index (χ3n) is 13.0. The Morgan fingerprint density at radius 2 is 1.85 bits per heavy atom. The predicted molar refractivity (Wildman–Crippen MR) is 198 cm³/mol. The molecule has 1 aromatic rings. The van der Waals surface area contributed by atoms with Crippen molar-refractivity contribution in [1.82, 2.24) is 9.55 Å². The summed E-state index contributed by atoms with van der Waals surface area (Å²) in [5.41, 5.74) is 7.00. The Labute approximate surface area is 320 Å². The standard InChI is InChI=1S/C41H57F2N3O9/c1-23(9-16-31(47)26-11-12-26)29-14-15-30-25(6-5-18-40(29,30)3)10-13-27-20-28(21-32(48)24(27)2)54-36(50)8-4-7-35(49)53-22-33-37(51)41(42,43)38(55-33)46-19-17-34(44)45-39(46)52/h9-10,13,16-17,19,23-24,26,28-33,37-38,47-48,51H,4-8,11-12,14-15,18,20-22H2,1-3H3,(H2,44,45,52)/b16-9+,25-10+,27-13-/t23-,24?,28+,29?,30?,31?,32-,33?,37?,38?,40+/m0/s1. The number of hydrogen-bond donors (Lipinski definition) is 4. The highest BCUT2D eigenvalue weighted by Gasteiger charge is 2.60. The number of aliphatic hydroxyl groups is 3. The van der Waals surface area contributed by atoms with Crippen LogP contribution in [0.15, 0.2) is 52.5 Å². The van der Waals surface area contributed by atoms with Crippen molar-refractivity contribution in [2.24, 2.45) is 35.0 Å². The average molecular weight is 774 g/mol. The molecule has 0 radical (unpaired) electrons. The summed E-state index contributed by atoms with van der Waals surface area (Å²) in [5, 5.41) is 31.4. The van der Waals surface area contributed by atoms with E-state index in [4.69, 9.17) is 19.9 Å². The number of esters is 2. The van der Waals surface area contributed by atoms with Gasteiger partial charge in [0.15, 0.2) is 6.10 Å². The van der Waals surface area contributed by atoms with E-state index in [0.717, 1.165) is 56.4 Å². The number of fused-ring (bicyclic) bond motifs is 1. The maximum Gasteiger partial charge on any atom is 0.351 e. The highest BCUT2D eigenvalue weighted by molar-refractivity contribution is 5.72. The fraction of sp³-hybridized carbons (Fsp3) is 0.707. The molecule has 304 valence electrons. The van der Waals surface area contributed by atoms with E-state index < -0.39 is 60.8 Å². The number of aliphatic hydroxyl groups excluding tert-OH is 3. The Kier molecular flexibility index (Phi) is 12.7. The van der Waals surface area contributed by atoms with Gasteiger partial charge in [0, 0.05) is 37.8 Å². The summed E-state index contributed by atoms with van der Waals surface area (Å²) in [5.74, 6) is -3.57. The molecule has 5 N–H and O–H groups in total. The lowest BCUT2D eigenvalue weighted by molar-refractivity contribution is -0.153. The Morgan fingerprint density at radius 3 is 2.58 bits per heavy atom. The topological polar surface area (TPSA) is 183 Å². The number of allylic oxidation sites excluding steroid dienone is 4. The molecular weight excluding hydrogens is 716 g/mol. The first-order chi connectivity index (χ1) is 26.1. The van der Waals surface area contributed by atoms with Gasteiger partial charge in [-0.15, -0.1) is 0 Å². The number of halogens is 2. The fourth-order valence-electron chi connectivity index (χ4n) is 9.52. The molecule has 2 heterocycles. The van der Waals surface area contributed by atoms with Gasteiger partial charge < -0.3 is 35.3 Å². The van der Waals surface area contributed by atoms with Gasteiger partial charge in [0.25, 0.3) is 0 Å². The number of ether oxygens (including phenoxy) is 3. The first kappa shape index (κ1) is 41.2. The number of anilines is 1. The molecule has 0 bridgehead atoms. The van der Waals surface area contributed by atoms with E-state index in [9.17, 15) is 38.5 Å². The van der Waals surface area contributed by atoms with Gasteiger partial charge in [-0.3, -0.25) is 14.2 Å². The van der Waals surface area contributed by atoms with Gasteiger partial charge in [0.1, 0.15) is 24.6 Å². The van der Waals surface area contributed by atoms with Gasteiger partial charge in [-0.2, -0.15) is 13.8 Å². The van der Waals surface area contributed by atoms with Gasteiger partial charge in [0.2, 0.25) is 6.23 Å². The lowest BCUT2D eigenvalue weighted by atomic mass is 9.61. The van der Waals surface area contributed by atoms with Crippen LogP contribution in [0.25, 0.3) is 0 Å². The number of alkyl halides is 2. The Balaban J connectivity index is 0.965. The maximum atomic E-state index is 14.8. The van der Waals surface area contributed by atoms with Crippen molar-refractivity contribution in [3.05, 3.63) is 58.2 Å². The highest BCUT2D eigenvalue weighted by Crippen LogP contribution is 2.59. The SMILES string of the molecule is CC1/C(=C\C=C2/CCC[C@@]3(C)C2CCC3[C@@H](C)/C=C/C(O)C2CC2)C[C@@H](OC(=O)CCCC(=O)OCC2OC(n3ccc(N)nc3=O)C(F)(F)C2O)C[C@@H]1O. The molecule has 14 heteroatoms. The van der Waals surface area contributed by atoms with Gasteiger partial charge in [0.05, 0.1) is 12.2 Å². The molecule has 11 atom stereocenters. The molecule has 6 rings (SSSR count). The third kappa shape index (κ3) is 9.24. The summed E-state index contributed by atoms with van der Waals surface area (Å²) in [4.78, 5) is 40.6. The molecule has 1 saturated heterocycles. The second kappa shape index (κ2) is 17.0. The van der Waals surface area contributed by atoms with E-state index in [2.05, 4.69) is 37.1 Å².